The summed E-state index contributed by atoms with van der Waals surface area (Å²) in [7, 11) is 0. The van der Waals surface area contributed by atoms with Crippen LogP contribution in [0.25, 0.3) is 17.1 Å². The third-order valence-electron chi connectivity index (χ3n) is 7.52. The van der Waals surface area contributed by atoms with Crippen molar-refractivity contribution in [3.8, 4) is 22.8 Å². The van der Waals surface area contributed by atoms with Gasteiger partial charge >= 0.3 is 17.6 Å². The summed E-state index contributed by atoms with van der Waals surface area (Å²) in [5.41, 5.74) is 5.57. The third kappa shape index (κ3) is 8.28. The van der Waals surface area contributed by atoms with E-state index >= 15 is 0 Å². The van der Waals surface area contributed by atoms with Crippen molar-refractivity contribution in [3.63, 3.8) is 0 Å². The zero-order valence-corrected chi connectivity index (χ0v) is 29.4. The molecule has 1 atom stereocenters. The number of anilines is 1. The van der Waals surface area contributed by atoms with E-state index in [-0.39, 0.29) is 23.4 Å². The van der Waals surface area contributed by atoms with Crippen LogP contribution in [-0.4, -0.2) is 54.0 Å². The predicted octanol–water partition coefficient (Wildman–Crippen LogP) is 8.71. The molecule has 0 aliphatic carbocycles. The molecular formula is C35H33F3N6O4S2. The van der Waals surface area contributed by atoms with Crippen LogP contribution in [0.4, 0.5) is 23.7 Å². The molecule has 50 heavy (non-hydrogen) atoms. The number of hydrogen-bond donors (Lipinski definition) is 0. The molecule has 2 aliphatic rings. The molecule has 0 N–H and O–H groups in total. The summed E-state index contributed by atoms with van der Waals surface area (Å²) in [6, 6.07) is 18.8. The third-order valence-corrected chi connectivity index (χ3v) is 8.66. The number of fused-ring (bicyclic) bond motifs is 3. The van der Waals surface area contributed by atoms with Gasteiger partial charge in [0, 0.05) is 22.9 Å². The van der Waals surface area contributed by atoms with E-state index < -0.39 is 18.1 Å². The Kier molecular flexibility index (Phi) is 9.64. The maximum atomic E-state index is 13.3. The number of aliphatic imine (C=N–C) groups is 1. The Bertz CT molecular complexity index is 1970. The summed E-state index contributed by atoms with van der Waals surface area (Å²) in [6.07, 6.45) is -1.83. The molecule has 15 heteroatoms. The number of halogens is 3. The average Bonchev–Trinajstić information content (AvgIpc) is 3.68. The van der Waals surface area contributed by atoms with E-state index in [0.717, 1.165) is 27.8 Å². The van der Waals surface area contributed by atoms with Gasteiger partial charge in [0.05, 0.1) is 17.9 Å². The molecule has 1 fully saturated rings. The number of amidine groups is 1. The highest BCUT2D eigenvalue weighted by Gasteiger charge is 2.34. The monoisotopic (exact) mass is 722 g/mol. The SMILES string of the molecule is Cc1ccc2c(c1)N1C(=CC2C)CSC1=NC(=S)ON(Cc1ccc(-c2ncn(-c3ccc(OC(F)(F)F)cc3)n2)cc1)C(=O)OC(C)(C)C. The predicted molar refractivity (Wildman–Crippen MR) is 189 cm³/mol. The topological polar surface area (TPSA) is 94.3 Å². The van der Waals surface area contributed by atoms with E-state index in [1.165, 1.54) is 40.8 Å². The molecule has 0 bridgehead atoms. The highest BCUT2D eigenvalue weighted by atomic mass is 32.2. The van der Waals surface area contributed by atoms with Gasteiger partial charge in [-0.3, -0.25) is 4.90 Å². The molecular weight excluding hydrogens is 690 g/mol. The minimum Gasteiger partial charge on any atom is -0.442 e. The van der Waals surface area contributed by atoms with E-state index in [1.54, 1.807) is 56.8 Å². The Morgan fingerprint density at radius 1 is 1.08 bits per heavy atom. The fraction of sp³-hybridized carbons (Fsp3) is 0.286. The standard InChI is InChI=1S/C35H33F3N6O4S2/c1-21-6-15-28-22(2)17-26-19-50-31(44(26)29(28)16-21)40-32(49)48-43(33(45)47-34(3,4)5)18-23-7-9-24(10-8-23)30-39-20-42(41-30)25-11-13-27(14-12-25)46-35(36,37)38/h6-17,20,22H,18-19H2,1-5H3. The van der Waals surface area contributed by atoms with Gasteiger partial charge in [0.2, 0.25) is 0 Å². The first-order valence-corrected chi connectivity index (χ1v) is 16.9. The zero-order chi connectivity index (χ0) is 35.8. The van der Waals surface area contributed by atoms with E-state index in [9.17, 15) is 18.0 Å². The lowest BCUT2D eigenvalue weighted by molar-refractivity contribution is -0.274. The van der Waals surface area contributed by atoms with Gasteiger partial charge in [0.15, 0.2) is 11.0 Å². The number of hydrogen-bond acceptors (Lipinski definition) is 8. The Hall–Kier alpha value is -4.89. The maximum Gasteiger partial charge on any atom is 0.573 e. The van der Waals surface area contributed by atoms with Gasteiger partial charge in [-0.1, -0.05) is 61.2 Å². The van der Waals surface area contributed by atoms with Crippen LogP contribution in [0.5, 0.6) is 5.75 Å². The number of thioether (sulfide) groups is 1. The fourth-order valence-electron chi connectivity index (χ4n) is 5.35. The molecule has 1 saturated heterocycles. The number of aromatic nitrogens is 3. The largest absolute Gasteiger partial charge is 0.573 e. The Morgan fingerprint density at radius 2 is 1.80 bits per heavy atom. The fourth-order valence-corrected chi connectivity index (χ4v) is 6.58. The van der Waals surface area contributed by atoms with Crippen LogP contribution >= 0.6 is 24.0 Å². The molecule has 2 aliphatic heterocycles. The van der Waals surface area contributed by atoms with Gasteiger partial charge in [-0.25, -0.2) is 14.5 Å². The summed E-state index contributed by atoms with van der Waals surface area (Å²) in [6.45, 7) is 9.49. The van der Waals surface area contributed by atoms with Crippen LogP contribution in [0.15, 0.2) is 89.8 Å². The molecule has 6 rings (SSSR count). The number of allylic oxidation sites excluding steroid dienone is 1. The Morgan fingerprint density at radius 3 is 2.48 bits per heavy atom. The van der Waals surface area contributed by atoms with Crippen LogP contribution in [0.2, 0.25) is 0 Å². The van der Waals surface area contributed by atoms with Crippen molar-refractivity contribution in [2.24, 2.45) is 4.99 Å². The molecule has 4 aromatic rings. The molecule has 0 radical (unpaired) electrons. The Labute approximate surface area is 296 Å². The number of aryl methyl sites for hydroxylation is 1. The second-order valence-corrected chi connectivity index (χ2v) is 13.9. The normalized spacial score (nSPS) is 16.4. The van der Waals surface area contributed by atoms with Crippen LogP contribution < -0.4 is 9.64 Å². The zero-order valence-electron chi connectivity index (χ0n) is 27.8. The van der Waals surface area contributed by atoms with E-state index in [2.05, 4.69) is 55.9 Å². The van der Waals surface area contributed by atoms with Crippen LogP contribution in [0.3, 0.4) is 0 Å². The first-order valence-electron chi connectivity index (χ1n) is 15.5. The lowest BCUT2D eigenvalue weighted by atomic mass is 9.93. The molecule has 3 heterocycles. The van der Waals surface area contributed by atoms with Crippen LogP contribution in [0.1, 0.15) is 50.3 Å². The van der Waals surface area contributed by atoms with Crippen molar-refractivity contribution < 1.29 is 32.3 Å². The smallest absolute Gasteiger partial charge is 0.442 e. The molecule has 0 spiro atoms. The van der Waals surface area contributed by atoms with Crippen LogP contribution in [-0.2, 0) is 16.1 Å². The summed E-state index contributed by atoms with van der Waals surface area (Å²) >= 11 is 7.09. The van der Waals surface area contributed by atoms with Crippen molar-refractivity contribution in [1.29, 1.82) is 0 Å². The van der Waals surface area contributed by atoms with Gasteiger partial charge in [-0.05, 0) is 86.9 Å². The highest BCUT2D eigenvalue weighted by Crippen LogP contribution is 2.43. The lowest BCUT2D eigenvalue weighted by Crippen LogP contribution is -2.37. The van der Waals surface area contributed by atoms with E-state index in [0.29, 0.717) is 27.8 Å². The molecule has 0 saturated carbocycles. The van der Waals surface area contributed by atoms with Crippen LogP contribution in [0, 0.1) is 6.92 Å². The summed E-state index contributed by atoms with van der Waals surface area (Å²) in [4.78, 5) is 30.2. The maximum absolute atomic E-state index is 13.3. The minimum atomic E-state index is -4.78. The molecule has 1 unspecified atom stereocenters. The molecule has 1 amide bonds. The van der Waals surface area contributed by atoms with Gasteiger partial charge in [-0.2, -0.15) is 4.99 Å². The first kappa shape index (κ1) is 35.0. The number of carbonyl (C=O) groups excluding carboxylic acids is 1. The highest BCUT2D eigenvalue weighted by molar-refractivity contribution is 8.14. The molecule has 10 nitrogen and oxygen atoms in total. The number of alkyl halides is 3. The van der Waals surface area contributed by atoms with Gasteiger partial charge in [0.25, 0.3) is 0 Å². The van der Waals surface area contributed by atoms with Gasteiger partial charge in [-0.15, -0.1) is 23.3 Å². The number of nitrogens with zero attached hydrogens (tertiary/aromatic N) is 6. The number of hydroxylamine groups is 2. The number of carbonyl (C=O) groups is 1. The second kappa shape index (κ2) is 13.8. The number of amides is 1. The summed E-state index contributed by atoms with van der Waals surface area (Å²) < 4.78 is 48.5. The molecule has 3 aromatic carbocycles. The molecule has 260 valence electrons. The number of thiocarbonyl (C=S) groups is 1. The summed E-state index contributed by atoms with van der Waals surface area (Å²) in [5, 5.41) is 6.00. The van der Waals surface area contributed by atoms with Crippen molar-refractivity contribution in [2.75, 3.05) is 10.7 Å². The van der Waals surface area contributed by atoms with E-state index in [1.807, 2.05) is 6.92 Å². The van der Waals surface area contributed by atoms with E-state index in [4.69, 9.17) is 21.8 Å². The first-order chi connectivity index (χ1) is 23.6. The second-order valence-electron chi connectivity index (χ2n) is 12.7. The quantitative estimate of drug-likeness (QED) is 0.148. The number of rotatable bonds is 5. The van der Waals surface area contributed by atoms with Crippen molar-refractivity contribution in [2.45, 2.75) is 59.0 Å². The van der Waals surface area contributed by atoms with Gasteiger partial charge in [0.1, 0.15) is 17.7 Å². The van der Waals surface area contributed by atoms with Crippen molar-refractivity contribution in [1.82, 2.24) is 19.8 Å². The van der Waals surface area contributed by atoms with Crippen molar-refractivity contribution in [3.05, 3.63) is 102 Å². The molecule has 1 aromatic heterocycles. The number of benzene rings is 3. The summed E-state index contributed by atoms with van der Waals surface area (Å²) in [5.74, 6) is 1.05. The minimum absolute atomic E-state index is 0.00401. The Balaban J connectivity index is 1.17. The lowest BCUT2D eigenvalue weighted by Gasteiger charge is -2.30. The average molecular weight is 723 g/mol. The van der Waals surface area contributed by atoms with Crippen molar-refractivity contribution >= 4 is 46.1 Å². The number of ether oxygens (including phenoxy) is 2. The van der Waals surface area contributed by atoms with Gasteiger partial charge < -0.3 is 14.3 Å².